The zero-order chi connectivity index (χ0) is 13.5. The number of carbonyl (C=O) groups excluding carboxylic acids is 1. The van der Waals surface area contributed by atoms with Crippen molar-refractivity contribution in [3.05, 3.63) is 65.7 Å². The molecular formula is C16H17NO2. The van der Waals surface area contributed by atoms with E-state index in [1.165, 1.54) is 17.7 Å². The van der Waals surface area contributed by atoms with Gasteiger partial charge in [-0.2, -0.15) is 0 Å². The Bertz CT molecular complexity index is 520. The number of carbonyl (C=O) groups is 1. The van der Waals surface area contributed by atoms with E-state index in [9.17, 15) is 4.79 Å². The lowest BCUT2D eigenvalue weighted by molar-refractivity contribution is 0.0953. The van der Waals surface area contributed by atoms with Gasteiger partial charge in [0.15, 0.2) is 0 Å². The number of phenolic OH excluding ortho intramolecular Hbond substituents is 1. The largest absolute Gasteiger partial charge is 0.508 e. The first-order chi connectivity index (χ1) is 9.25. The first kappa shape index (κ1) is 13.1. The number of aromatic hydroxyl groups is 1. The van der Waals surface area contributed by atoms with Gasteiger partial charge in [-0.1, -0.05) is 30.3 Å². The van der Waals surface area contributed by atoms with Crippen molar-refractivity contribution in [3.8, 4) is 5.75 Å². The van der Waals surface area contributed by atoms with Crippen LogP contribution in [0.3, 0.4) is 0 Å². The topological polar surface area (TPSA) is 49.3 Å². The van der Waals surface area contributed by atoms with E-state index in [4.69, 9.17) is 5.11 Å². The van der Waals surface area contributed by atoms with Crippen LogP contribution in [0.4, 0.5) is 0 Å². The quantitative estimate of drug-likeness (QED) is 0.807. The Balaban J connectivity index is 1.74. The van der Waals surface area contributed by atoms with E-state index in [2.05, 4.69) is 17.4 Å². The third kappa shape index (κ3) is 4.14. The maximum absolute atomic E-state index is 11.8. The summed E-state index contributed by atoms with van der Waals surface area (Å²) in [6.45, 7) is 0.647. The van der Waals surface area contributed by atoms with E-state index >= 15 is 0 Å². The summed E-state index contributed by atoms with van der Waals surface area (Å²) in [6.07, 6.45) is 1.87. The second kappa shape index (κ2) is 6.59. The van der Waals surface area contributed by atoms with Gasteiger partial charge in [-0.05, 0) is 42.7 Å². The fourth-order valence-corrected chi connectivity index (χ4v) is 1.85. The molecule has 0 aliphatic heterocycles. The number of rotatable bonds is 5. The predicted molar refractivity (Wildman–Crippen MR) is 75.2 cm³/mol. The lowest BCUT2D eigenvalue weighted by atomic mass is 10.1. The number of phenols is 1. The fourth-order valence-electron chi connectivity index (χ4n) is 1.85. The molecule has 3 heteroatoms. The molecule has 0 saturated carbocycles. The molecule has 2 aromatic carbocycles. The van der Waals surface area contributed by atoms with Gasteiger partial charge in [-0.15, -0.1) is 0 Å². The Morgan fingerprint density at radius 2 is 1.68 bits per heavy atom. The molecular weight excluding hydrogens is 238 g/mol. The Hall–Kier alpha value is -2.29. The van der Waals surface area contributed by atoms with E-state index in [1.54, 1.807) is 12.1 Å². The van der Waals surface area contributed by atoms with Crippen LogP contribution in [0.15, 0.2) is 54.6 Å². The molecule has 2 aromatic rings. The van der Waals surface area contributed by atoms with Crippen LogP contribution in [0.2, 0.25) is 0 Å². The third-order valence-electron chi connectivity index (χ3n) is 2.90. The minimum absolute atomic E-state index is 0.104. The number of aryl methyl sites for hydroxylation is 1. The number of nitrogens with one attached hydrogen (secondary N) is 1. The van der Waals surface area contributed by atoms with Crippen molar-refractivity contribution < 1.29 is 9.90 Å². The molecule has 0 saturated heterocycles. The molecule has 2 rings (SSSR count). The number of amides is 1. The van der Waals surface area contributed by atoms with E-state index in [-0.39, 0.29) is 11.7 Å². The summed E-state index contributed by atoms with van der Waals surface area (Å²) in [7, 11) is 0. The molecule has 0 aliphatic rings. The van der Waals surface area contributed by atoms with E-state index < -0.39 is 0 Å². The average molecular weight is 255 g/mol. The van der Waals surface area contributed by atoms with Gasteiger partial charge in [-0.3, -0.25) is 4.79 Å². The highest BCUT2D eigenvalue weighted by Crippen LogP contribution is 2.09. The van der Waals surface area contributed by atoms with Crippen molar-refractivity contribution in [1.29, 1.82) is 0 Å². The molecule has 3 nitrogen and oxygen atoms in total. The molecule has 98 valence electrons. The lowest BCUT2D eigenvalue weighted by Crippen LogP contribution is -2.24. The molecule has 0 spiro atoms. The second-order valence-corrected chi connectivity index (χ2v) is 4.39. The Kier molecular flexibility index (Phi) is 4.56. The van der Waals surface area contributed by atoms with Gasteiger partial charge < -0.3 is 10.4 Å². The monoisotopic (exact) mass is 255 g/mol. The van der Waals surface area contributed by atoms with Crippen molar-refractivity contribution in [2.24, 2.45) is 0 Å². The van der Waals surface area contributed by atoms with E-state index in [0.29, 0.717) is 12.1 Å². The van der Waals surface area contributed by atoms with Crippen LogP contribution in [0.1, 0.15) is 22.3 Å². The van der Waals surface area contributed by atoms with Crippen molar-refractivity contribution in [1.82, 2.24) is 5.32 Å². The van der Waals surface area contributed by atoms with Crippen molar-refractivity contribution in [2.75, 3.05) is 6.54 Å². The highest BCUT2D eigenvalue weighted by atomic mass is 16.3. The van der Waals surface area contributed by atoms with Crippen LogP contribution in [-0.2, 0) is 6.42 Å². The van der Waals surface area contributed by atoms with Crippen LogP contribution in [0.5, 0.6) is 5.75 Å². The Morgan fingerprint density at radius 3 is 2.37 bits per heavy atom. The SMILES string of the molecule is O=C(NCCCc1ccccc1)c1ccc(O)cc1. The molecule has 1 amide bonds. The van der Waals surface area contributed by atoms with Gasteiger partial charge in [0.05, 0.1) is 0 Å². The van der Waals surface area contributed by atoms with Crippen LogP contribution >= 0.6 is 0 Å². The minimum Gasteiger partial charge on any atom is -0.508 e. The van der Waals surface area contributed by atoms with Gasteiger partial charge in [0.2, 0.25) is 0 Å². The Labute approximate surface area is 112 Å². The average Bonchev–Trinajstić information content (AvgIpc) is 2.45. The molecule has 0 unspecified atom stereocenters. The van der Waals surface area contributed by atoms with Gasteiger partial charge >= 0.3 is 0 Å². The highest BCUT2D eigenvalue weighted by molar-refractivity contribution is 5.94. The molecule has 0 atom stereocenters. The summed E-state index contributed by atoms with van der Waals surface area (Å²) in [5.41, 5.74) is 1.85. The number of hydrogen-bond acceptors (Lipinski definition) is 2. The maximum Gasteiger partial charge on any atom is 0.251 e. The molecule has 19 heavy (non-hydrogen) atoms. The molecule has 2 N–H and O–H groups in total. The molecule has 0 aliphatic carbocycles. The number of benzene rings is 2. The molecule has 0 fully saturated rings. The fraction of sp³-hybridized carbons (Fsp3) is 0.188. The summed E-state index contributed by atoms with van der Waals surface area (Å²) in [4.78, 5) is 11.8. The van der Waals surface area contributed by atoms with E-state index in [1.807, 2.05) is 18.2 Å². The summed E-state index contributed by atoms with van der Waals surface area (Å²) in [5.74, 6) is 0.0636. The minimum atomic E-state index is -0.104. The van der Waals surface area contributed by atoms with Crippen molar-refractivity contribution in [3.63, 3.8) is 0 Å². The third-order valence-corrected chi connectivity index (χ3v) is 2.90. The smallest absolute Gasteiger partial charge is 0.251 e. The van der Waals surface area contributed by atoms with Crippen molar-refractivity contribution in [2.45, 2.75) is 12.8 Å². The van der Waals surface area contributed by atoms with Gasteiger partial charge in [0, 0.05) is 12.1 Å². The molecule has 0 heterocycles. The molecule has 0 radical (unpaired) electrons. The predicted octanol–water partition coefficient (Wildman–Crippen LogP) is 2.75. The van der Waals surface area contributed by atoms with Gasteiger partial charge in [0.1, 0.15) is 5.75 Å². The normalized spacial score (nSPS) is 10.1. The lowest BCUT2D eigenvalue weighted by Gasteiger charge is -2.05. The first-order valence-electron chi connectivity index (χ1n) is 6.37. The van der Waals surface area contributed by atoms with Gasteiger partial charge in [0.25, 0.3) is 5.91 Å². The van der Waals surface area contributed by atoms with Crippen LogP contribution in [-0.4, -0.2) is 17.6 Å². The summed E-state index contributed by atoms with van der Waals surface area (Å²) >= 11 is 0. The van der Waals surface area contributed by atoms with Crippen LogP contribution in [0.25, 0.3) is 0 Å². The Morgan fingerprint density at radius 1 is 1.00 bits per heavy atom. The van der Waals surface area contributed by atoms with Crippen molar-refractivity contribution >= 4 is 5.91 Å². The van der Waals surface area contributed by atoms with Gasteiger partial charge in [-0.25, -0.2) is 0 Å². The number of hydrogen-bond donors (Lipinski definition) is 2. The second-order valence-electron chi connectivity index (χ2n) is 4.39. The molecule has 0 bridgehead atoms. The first-order valence-corrected chi connectivity index (χ1v) is 6.37. The van der Waals surface area contributed by atoms with Crippen LogP contribution < -0.4 is 5.32 Å². The standard InChI is InChI=1S/C16H17NO2/c18-15-10-8-14(9-11-15)16(19)17-12-4-7-13-5-2-1-3-6-13/h1-3,5-6,8-11,18H,4,7,12H2,(H,17,19). The highest BCUT2D eigenvalue weighted by Gasteiger charge is 2.04. The maximum atomic E-state index is 11.8. The summed E-state index contributed by atoms with van der Waals surface area (Å²) < 4.78 is 0. The summed E-state index contributed by atoms with van der Waals surface area (Å²) in [5, 5.41) is 12.0. The molecule has 0 aromatic heterocycles. The zero-order valence-corrected chi connectivity index (χ0v) is 10.7. The van der Waals surface area contributed by atoms with E-state index in [0.717, 1.165) is 12.8 Å². The van der Waals surface area contributed by atoms with Crippen LogP contribution in [0, 0.1) is 0 Å². The summed E-state index contributed by atoms with van der Waals surface area (Å²) in [6, 6.07) is 16.5. The zero-order valence-electron chi connectivity index (χ0n) is 10.7.